The second-order valence-corrected chi connectivity index (χ2v) is 5.83. The number of nitrogens with two attached hydrogens (primary N) is 2. The van der Waals surface area contributed by atoms with Crippen molar-refractivity contribution in [3.05, 3.63) is 18.2 Å². The van der Waals surface area contributed by atoms with Crippen molar-refractivity contribution >= 4 is 35.3 Å². The quantitative estimate of drug-likeness (QED) is 0.688. The normalized spacial score (nSPS) is 13.2. The summed E-state index contributed by atoms with van der Waals surface area (Å²) in [7, 11) is 0. The summed E-state index contributed by atoms with van der Waals surface area (Å²) in [5, 5.41) is 3.08. The van der Waals surface area contributed by atoms with Crippen LogP contribution in [0, 0.1) is 0 Å². The smallest absolute Gasteiger partial charge is 0.234 e. The van der Waals surface area contributed by atoms with Crippen LogP contribution < -0.4 is 26.3 Å². The van der Waals surface area contributed by atoms with Gasteiger partial charge in [0.15, 0.2) is 16.7 Å². The van der Waals surface area contributed by atoms with Gasteiger partial charge in [0.25, 0.3) is 0 Å². The van der Waals surface area contributed by atoms with E-state index in [1.807, 2.05) is 0 Å². The summed E-state index contributed by atoms with van der Waals surface area (Å²) in [5.41, 5.74) is 11.6. The van der Waals surface area contributed by atoms with Gasteiger partial charge in [-0.25, -0.2) is 0 Å². The Balaban J connectivity index is 1.59. The molecule has 1 aliphatic heterocycles. The third kappa shape index (κ3) is 4.16. The second-order valence-electron chi connectivity index (χ2n) is 4.88. The van der Waals surface area contributed by atoms with Crippen LogP contribution >= 0.6 is 11.8 Å². The third-order valence-electron chi connectivity index (χ3n) is 3.01. The van der Waals surface area contributed by atoms with Gasteiger partial charge in [-0.15, -0.1) is 0 Å². The Bertz CT molecular complexity index is 737. The minimum absolute atomic E-state index is 0.0216. The van der Waals surface area contributed by atoms with Crippen molar-refractivity contribution in [2.24, 2.45) is 0 Å². The first kappa shape index (κ1) is 16.1. The third-order valence-corrected chi connectivity index (χ3v) is 3.86. The van der Waals surface area contributed by atoms with Gasteiger partial charge < -0.3 is 26.3 Å². The number of amides is 1. The summed E-state index contributed by atoms with van der Waals surface area (Å²) in [4.78, 5) is 23.5. The lowest BCUT2D eigenvalue weighted by Gasteiger charge is -2.10. The Labute approximate surface area is 142 Å². The zero-order valence-corrected chi connectivity index (χ0v) is 13.5. The van der Waals surface area contributed by atoms with Gasteiger partial charge in [-0.05, 0) is 12.1 Å². The average molecular weight is 348 g/mol. The van der Waals surface area contributed by atoms with Crippen molar-refractivity contribution < 1.29 is 14.3 Å². The van der Waals surface area contributed by atoms with E-state index >= 15 is 0 Å². The van der Waals surface area contributed by atoms with Gasteiger partial charge in [-0.2, -0.15) is 15.0 Å². The summed E-state index contributed by atoms with van der Waals surface area (Å²) in [6, 6.07) is 5.27. The van der Waals surface area contributed by atoms with Gasteiger partial charge in [-0.1, -0.05) is 11.8 Å². The Hall–Kier alpha value is -2.75. The van der Waals surface area contributed by atoms with Gasteiger partial charge in [0.05, 0.1) is 19.0 Å². The maximum Gasteiger partial charge on any atom is 0.234 e. The van der Waals surface area contributed by atoms with Gasteiger partial charge in [-0.3, -0.25) is 4.79 Å². The number of fused-ring (bicyclic) bond motifs is 1. The predicted octanol–water partition coefficient (Wildman–Crippen LogP) is 0.928. The van der Waals surface area contributed by atoms with Gasteiger partial charge in [0, 0.05) is 18.2 Å². The lowest BCUT2D eigenvalue weighted by atomic mass is 10.2. The molecule has 5 N–H and O–H groups in total. The molecule has 0 saturated carbocycles. The standard InChI is InChI=1S/C14H16N6O3S/c15-12-18-13(16)20-14(19-12)24-7-11(21)17-8-2-3-9-10(6-8)23-5-1-4-22-9/h2-3,6H,1,4-5,7H2,(H,17,21)(H4,15,16,18,19,20). The molecule has 1 amide bonds. The Morgan fingerprint density at radius 3 is 2.58 bits per heavy atom. The van der Waals surface area contributed by atoms with E-state index in [4.69, 9.17) is 20.9 Å². The van der Waals surface area contributed by atoms with E-state index < -0.39 is 0 Å². The molecule has 0 saturated heterocycles. The Morgan fingerprint density at radius 2 is 1.83 bits per heavy atom. The Kier molecular flexibility index (Phi) is 4.85. The van der Waals surface area contributed by atoms with Crippen LogP contribution in [0.5, 0.6) is 11.5 Å². The SMILES string of the molecule is Nc1nc(N)nc(SCC(=O)Nc2ccc3c(c2)OCCCO3)n1. The molecule has 1 aromatic heterocycles. The number of thioether (sulfide) groups is 1. The molecule has 0 radical (unpaired) electrons. The van der Waals surface area contributed by atoms with Crippen molar-refractivity contribution in [2.75, 3.05) is 35.8 Å². The van der Waals surface area contributed by atoms with Crippen LogP contribution in [0.1, 0.15) is 6.42 Å². The molecule has 0 aliphatic carbocycles. The van der Waals surface area contributed by atoms with Crippen LogP contribution in [0.4, 0.5) is 17.6 Å². The maximum atomic E-state index is 12.1. The first-order valence-electron chi connectivity index (χ1n) is 7.19. The number of ether oxygens (including phenoxy) is 2. The van der Waals surface area contributed by atoms with E-state index in [1.165, 1.54) is 0 Å². The largest absolute Gasteiger partial charge is 0.490 e. The number of nitrogen functional groups attached to an aromatic ring is 2. The highest BCUT2D eigenvalue weighted by Gasteiger charge is 2.12. The van der Waals surface area contributed by atoms with Crippen LogP contribution in [-0.4, -0.2) is 39.8 Å². The van der Waals surface area contributed by atoms with Crippen molar-refractivity contribution in [3.8, 4) is 11.5 Å². The fourth-order valence-corrected chi connectivity index (χ4v) is 2.67. The van der Waals surface area contributed by atoms with E-state index in [0.717, 1.165) is 18.2 Å². The molecule has 2 aromatic rings. The Morgan fingerprint density at radius 1 is 1.12 bits per heavy atom. The molecule has 3 rings (SSSR count). The monoisotopic (exact) mass is 348 g/mol. The number of nitrogens with zero attached hydrogens (tertiary/aromatic N) is 3. The van der Waals surface area contributed by atoms with Crippen LogP contribution in [0.3, 0.4) is 0 Å². The highest BCUT2D eigenvalue weighted by Crippen LogP contribution is 2.32. The van der Waals surface area contributed by atoms with Crippen LogP contribution in [0.25, 0.3) is 0 Å². The van der Waals surface area contributed by atoms with Crippen LogP contribution in [0.15, 0.2) is 23.4 Å². The van der Waals surface area contributed by atoms with E-state index in [1.54, 1.807) is 18.2 Å². The summed E-state index contributed by atoms with van der Waals surface area (Å²) in [6.07, 6.45) is 0.825. The van der Waals surface area contributed by atoms with E-state index in [0.29, 0.717) is 35.6 Å². The number of benzene rings is 1. The number of aromatic nitrogens is 3. The number of nitrogens with one attached hydrogen (secondary N) is 1. The maximum absolute atomic E-state index is 12.1. The average Bonchev–Trinajstić information content (AvgIpc) is 2.77. The summed E-state index contributed by atoms with van der Waals surface area (Å²) >= 11 is 1.12. The van der Waals surface area contributed by atoms with Crippen molar-refractivity contribution in [1.29, 1.82) is 0 Å². The zero-order chi connectivity index (χ0) is 16.9. The lowest BCUT2D eigenvalue weighted by molar-refractivity contribution is -0.113. The molecule has 0 spiro atoms. The number of hydrogen-bond acceptors (Lipinski definition) is 9. The molecule has 1 aliphatic rings. The summed E-state index contributed by atoms with van der Waals surface area (Å²) in [6.45, 7) is 1.20. The summed E-state index contributed by atoms with van der Waals surface area (Å²) in [5.74, 6) is 1.23. The molecular formula is C14H16N6O3S. The summed E-state index contributed by atoms with van der Waals surface area (Å²) < 4.78 is 11.1. The zero-order valence-electron chi connectivity index (χ0n) is 12.7. The molecule has 126 valence electrons. The number of carbonyl (C=O) groups is 1. The first-order chi connectivity index (χ1) is 11.6. The van der Waals surface area contributed by atoms with E-state index in [2.05, 4.69) is 20.3 Å². The molecule has 1 aromatic carbocycles. The minimum atomic E-state index is -0.216. The molecule has 24 heavy (non-hydrogen) atoms. The second kappa shape index (κ2) is 7.21. The number of hydrogen-bond donors (Lipinski definition) is 3. The van der Waals surface area contributed by atoms with Gasteiger partial charge in [0.2, 0.25) is 17.8 Å². The fraction of sp³-hybridized carbons (Fsp3) is 0.286. The topological polar surface area (TPSA) is 138 Å². The molecule has 0 bridgehead atoms. The van der Waals surface area contributed by atoms with Crippen molar-refractivity contribution in [3.63, 3.8) is 0 Å². The van der Waals surface area contributed by atoms with Crippen LogP contribution in [0.2, 0.25) is 0 Å². The minimum Gasteiger partial charge on any atom is -0.490 e. The van der Waals surface area contributed by atoms with Crippen LogP contribution in [-0.2, 0) is 4.79 Å². The van der Waals surface area contributed by atoms with Gasteiger partial charge >= 0.3 is 0 Å². The highest BCUT2D eigenvalue weighted by molar-refractivity contribution is 7.99. The number of carbonyl (C=O) groups excluding carboxylic acids is 1. The number of rotatable bonds is 4. The molecule has 0 unspecified atom stereocenters. The van der Waals surface area contributed by atoms with Crippen molar-refractivity contribution in [2.45, 2.75) is 11.6 Å². The first-order valence-corrected chi connectivity index (χ1v) is 8.18. The van der Waals surface area contributed by atoms with E-state index in [-0.39, 0.29) is 23.6 Å². The van der Waals surface area contributed by atoms with E-state index in [9.17, 15) is 4.79 Å². The highest BCUT2D eigenvalue weighted by atomic mass is 32.2. The van der Waals surface area contributed by atoms with Crippen molar-refractivity contribution in [1.82, 2.24) is 15.0 Å². The molecule has 0 fully saturated rings. The predicted molar refractivity (Wildman–Crippen MR) is 90.1 cm³/mol. The molecule has 10 heteroatoms. The molecule has 9 nitrogen and oxygen atoms in total. The molecule has 0 atom stereocenters. The number of anilines is 3. The molecular weight excluding hydrogens is 332 g/mol. The molecule has 2 heterocycles. The fourth-order valence-electron chi connectivity index (χ4n) is 2.02. The lowest BCUT2D eigenvalue weighted by Crippen LogP contribution is -2.14. The van der Waals surface area contributed by atoms with Gasteiger partial charge in [0.1, 0.15) is 0 Å².